The van der Waals surface area contributed by atoms with Gasteiger partial charge in [-0.3, -0.25) is 0 Å². The van der Waals surface area contributed by atoms with Crippen LogP contribution in [0.25, 0.3) is 10.9 Å². The fraction of sp³-hybridized carbons (Fsp3) is 0.765. The molecule has 2 aromatic rings. The van der Waals surface area contributed by atoms with Gasteiger partial charge in [-0.15, -0.1) is 0 Å². The zero-order chi connectivity index (χ0) is 24.5. The topological polar surface area (TPSA) is 4.93 Å². The van der Waals surface area contributed by atoms with Crippen LogP contribution in [0.5, 0.6) is 0 Å². The maximum Gasteiger partial charge on any atom is 0.0482 e. The van der Waals surface area contributed by atoms with E-state index in [1.807, 2.05) is 0 Å². The van der Waals surface area contributed by atoms with Gasteiger partial charge in [-0.25, -0.2) is 0 Å². The van der Waals surface area contributed by atoms with Crippen molar-refractivity contribution < 1.29 is 0 Å². The molecule has 1 heteroatoms. The number of nitrogens with zero attached hydrogens (tertiary/aromatic N) is 1. The summed E-state index contributed by atoms with van der Waals surface area (Å²) in [5.41, 5.74) is 5.93. The molecule has 3 fully saturated rings. The summed E-state index contributed by atoms with van der Waals surface area (Å²) >= 11 is 0. The first kappa shape index (κ1) is 24.1. The summed E-state index contributed by atoms with van der Waals surface area (Å²) < 4.78 is 2.54. The SMILES string of the molecule is CC(C)CCC[C@H](C)[C@H]1CC[C@H]2[C@H]3CC[C@H]4Cc5c(c6ccccc6n5C)C[C@]4(C)[C@@H]3CC[C@]12C. The Morgan fingerprint density at radius 1 is 0.914 bits per heavy atom. The van der Waals surface area contributed by atoms with Crippen LogP contribution in [0.2, 0.25) is 0 Å². The first-order chi connectivity index (χ1) is 16.7. The third kappa shape index (κ3) is 3.60. The minimum Gasteiger partial charge on any atom is -0.347 e. The van der Waals surface area contributed by atoms with Crippen molar-refractivity contribution >= 4 is 10.9 Å². The maximum absolute atomic E-state index is 2.75. The monoisotopic (exact) mass is 473 g/mol. The summed E-state index contributed by atoms with van der Waals surface area (Å²) in [6.45, 7) is 12.9. The Morgan fingerprint density at radius 3 is 2.49 bits per heavy atom. The Hall–Kier alpha value is -1.24. The molecule has 0 unspecified atom stereocenters. The van der Waals surface area contributed by atoms with E-state index in [2.05, 4.69) is 70.5 Å². The fourth-order valence-corrected chi connectivity index (χ4v) is 10.8. The highest BCUT2D eigenvalue weighted by atomic mass is 15.0. The normalized spacial score (nSPS) is 39.2. The van der Waals surface area contributed by atoms with Gasteiger partial charge in [0.05, 0.1) is 0 Å². The van der Waals surface area contributed by atoms with Gasteiger partial charge in [-0.1, -0.05) is 72.1 Å². The standard InChI is InChI=1S/C34H51N/c1-22(2)10-9-11-23(3)28-16-17-29-26-15-14-24-20-32-27(25-12-7-8-13-31(25)35(32)6)21-34(24,5)30(26)18-19-33(28,29)4/h7-8,12-13,22-24,26,28-30H,9-11,14-21H2,1-6H3/t23-,24-,26+,28+,29-,30+,33+,34-/m0/s1. The van der Waals surface area contributed by atoms with Crippen LogP contribution >= 0.6 is 0 Å². The molecule has 4 aliphatic carbocycles. The van der Waals surface area contributed by atoms with Crippen LogP contribution in [0.4, 0.5) is 0 Å². The van der Waals surface area contributed by atoms with E-state index in [-0.39, 0.29) is 0 Å². The zero-order valence-corrected chi connectivity index (χ0v) is 23.6. The van der Waals surface area contributed by atoms with Crippen LogP contribution in [0.1, 0.15) is 104 Å². The lowest BCUT2D eigenvalue weighted by molar-refractivity contribution is -0.103. The van der Waals surface area contributed by atoms with Crippen LogP contribution < -0.4 is 0 Å². The molecule has 4 aliphatic rings. The first-order valence-corrected chi connectivity index (χ1v) is 15.3. The van der Waals surface area contributed by atoms with Crippen LogP contribution in [0.3, 0.4) is 0 Å². The Bertz CT molecular complexity index is 1080. The molecule has 192 valence electrons. The predicted octanol–water partition coefficient (Wildman–Crippen LogP) is 9.21. The lowest BCUT2D eigenvalue weighted by atomic mass is 9.44. The summed E-state index contributed by atoms with van der Waals surface area (Å²) in [7, 11) is 2.32. The summed E-state index contributed by atoms with van der Waals surface area (Å²) in [6, 6.07) is 9.22. The van der Waals surface area contributed by atoms with Gasteiger partial charge in [0.15, 0.2) is 0 Å². The number of benzene rings is 1. The van der Waals surface area contributed by atoms with E-state index in [1.54, 1.807) is 16.6 Å². The zero-order valence-electron chi connectivity index (χ0n) is 23.6. The van der Waals surface area contributed by atoms with E-state index in [0.717, 1.165) is 41.4 Å². The van der Waals surface area contributed by atoms with Gasteiger partial charge in [-0.05, 0) is 115 Å². The lowest BCUT2D eigenvalue weighted by Crippen LogP contribution is -2.54. The van der Waals surface area contributed by atoms with Crippen LogP contribution in [0.15, 0.2) is 24.3 Å². The minimum atomic E-state index is 0.502. The van der Waals surface area contributed by atoms with Crippen molar-refractivity contribution in [2.24, 2.45) is 59.3 Å². The lowest BCUT2D eigenvalue weighted by Gasteiger charge is -2.60. The van der Waals surface area contributed by atoms with Gasteiger partial charge in [0.25, 0.3) is 0 Å². The van der Waals surface area contributed by atoms with Crippen molar-refractivity contribution in [3.8, 4) is 0 Å². The number of rotatable bonds is 5. The molecule has 1 nitrogen and oxygen atoms in total. The molecule has 0 spiro atoms. The molecule has 0 N–H and O–H groups in total. The Balaban J connectivity index is 1.25. The Kier molecular flexibility index (Phi) is 5.97. The third-order valence-electron chi connectivity index (χ3n) is 12.6. The molecule has 1 aromatic heterocycles. The largest absolute Gasteiger partial charge is 0.347 e. The van der Waals surface area contributed by atoms with Crippen LogP contribution in [-0.4, -0.2) is 4.57 Å². The summed E-state index contributed by atoms with van der Waals surface area (Å²) in [6.07, 6.45) is 16.0. The highest BCUT2D eigenvalue weighted by Crippen LogP contribution is 2.68. The van der Waals surface area contributed by atoms with Gasteiger partial charge in [-0.2, -0.15) is 0 Å². The molecule has 0 radical (unpaired) electrons. The van der Waals surface area contributed by atoms with Crippen molar-refractivity contribution in [1.82, 2.24) is 4.57 Å². The third-order valence-corrected chi connectivity index (χ3v) is 12.6. The molecule has 0 bridgehead atoms. The van der Waals surface area contributed by atoms with E-state index in [1.165, 1.54) is 76.1 Å². The van der Waals surface area contributed by atoms with E-state index in [9.17, 15) is 0 Å². The van der Waals surface area contributed by atoms with Gasteiger partial charge >= 0.3 is 0 Å². The molecular formula is C34H51N. The number of hydrogen-bond donors (Lipinski definition) is 0. The molecule has 35 heavy (non-hydrogen) atoms. The number of hydrogen-bond acceptors (Lipinski definition) is 0. The molecular weight excluding hydrogens is 422 g/mol. The van der Waals surface area contributed by atoms with Gasteiger partial charge in [0.1, 0.15) is 0 Å². The second-order valence-corrected chi connectivity index (χ2v) is 14.6. The van der Waals surface area contributed by atoms with E-state index >= 15 is 0 Å². The number of para-hydroxylation sites is 1. The summed E-state index contributed by atoms with van der Waals surface area (Å²) in [4.78, 5) is 0. The first-order valence-electron chi connectivity index (χ1n) is 15.3. The van der Waals surface area contributed by atoms with Crippen molar-refractivity contribution in [2.75, 3.05) is 0 Å². The van der Waals surface area contributed by atoms with Gasteiger partial charge in [0, 0.05) is 23.6 Å². The summed E-state index contributed by atoms with van der Waals surface area (Å²) in [5.74, 6) is 6.56. The quantitative estimate of drug-likeness (QED) is 0.408. The van der Waals surface area contributed by atoms with Gasteiger partial charge in [0.2, 0.25) is 0 Å². The maximum atomic E-state index is 2.75. The molecule has 0 amide bonds. The van der Waals surface area contributed by atoms with Crippen LogP contribution in [-0.2, 0) is 19.9 Å². The second kappa shape index (κ2) is 8.66. The van der Waals surface area contributed by atoms with Crippen molar-refractivity contribution in [2.45, 2.75) is 105 Å². The number of aromatic nitrogens is 1. The van der Waals surface area contributed by atoms with Gasteiger partial charge < -0.3 is 4.57 Å². The molecule has 6 rings (SSSR count). The highest BCUT2D eigenvalue weighted by Gasteiger charge is 2.60. The molecule has 1 heterocycles. The summed E-state index contributed by atoms with van der Waals surface area (Å²) in [5, 5.41) is 1.54. The molecule has 1 aromatic carbocycles. The van der Waals surface area contributed by atoms with E-state index in [0.29, 0.717) is 10.8 Å². The Labute approximate surface area is 215 Å². The Morgan fingerprint density at radius 2 is 1.69 bits per heavy atom. The average Bonchev–Trinajstić information content (AvgIpc) is 3.32. The smallest absolute Gasteiger partial charge is 0.0482 e. The molecule has 0 aliphatic heterocycles. The van der Waals surface area contributed by atoms with Crippen LogP contribution in [0, 0.1) is 52.3 Å². The highest BCUT2D eigenvalue weighted by molar-refractivity contribution is 5.86. The fourth-order valence-electron chi connectivity index (χ4n) is 10.8. The van der Waals surface area contributed by atoms with E-state index in [4.69, 9.17) is 0 Å². The number of fused-ring (bicyclic) bond motifs is 8. The molecule has 3 saturated carbocycles. The van der Waals surface area contributed by atoms with Crippen molar-refractivity contribution in [3.63, 3.8) is 0 Å². The van der Waals surface area contributed by atoms with Crippen molar-refractivity contribution in [1.29, 1.82) is 0 Å². The average molecular weight is 474 g/mol. The minimum absolute atomic E-state index is 0.502. The number of aryl methyl sites for hydroxylation is 1. The molecule has 8 atom stereocenters. The predicted molar refractivity (Wildman–Crippen MR) is 150 cm³/mol. The second-order valence-electron chi connectivity index (χ2n) is 14.6. The van der Waals surface area contributed by atoms with E-state index < -0.39 is 0 Å². The van der Waals surface area contributed by atoms with Crippen molar-refractivity contribution in [3.05, 3.63) is 35.5 Å². The molecule has 0 saturated heterocycles.